The van der Waals surface area contributed by atoms with Crippen molar-refractivity contribution in [3.63, 3.8) is 0 Å². The van der Waals surface area contributed by atoms with Gasteiger partial charge in [-0.25, -0.2) is 4.79 Å². The smallest absolute Gasteiger partial charge is 0.345 e. The number of methoxy groups -OCH3 is 2. The summed E-state index contributed by atoms with van der Waals surface area (Å²) in [5.41, 5.74) is 1.46. The Kier molecular flexibility index (Phi) is 7.36. The zero-order valence-corrected chi connectivity index (χ0v) is 19.4. The van der Waals surface area contributed by atoms with Crippen LogP contribution < -0.4 is 14.8 Å². The van der Waals surface area contributed by atoms with Crippen molar-refractivity contribution in [3.05, 3.63) is 75.0 Å². The van der Waals surface area contributed by atoms with Crippen molar-refractivity contribution in [2.75, 3.05) is 26.1 Å². The molecule has 0 fully saturated rings. The first-order valence-corrected chi connectivity index (χ1v) is 10.3. The van der Waals surface area contributed by atoms with Crippen molar-refractivity contribution >= 4 is 23.4 Å². The highest BCUT2D eigenvalue weighted by Gasteiger charge is 2.27. The van der Waals surface area contributed by atoms with Crippen LogP contribution in [0.4, 0.5) is 11.5 Å². The number of hydrogen-bond donors (Lipinski definition) is 1. The van der Waals surface area contributed by atoms with E-state index in [2.05, 4.69) is 11.4 Å². The number of carbonyl (C=O) groups excluding carboxylic acids is 2. The van der Waals surface area contributed by atoms with Crippen LogP contribution in [0.3, 0.4) is 0 Å². The van der Waals surface area contributed by atoms with Gasteiger partial charge in [-0.3, -0.25) is 19.5 Å². The second-order valence-corrected chi connectivity index (χ2v) is 7.32. The number of nitro benzene ring substituents is 1. The van der Waals surface area contributed by atoms with Gasteiger partial charge in [-0.05, 0) is 31.5 Å². The minimum absolute atomic E-state index is 0.0601. The van der Waals surface area contributed by atoms with Gasteiger partial charge < -0.3 is 19.5 Å². The van der Waals surface area contributed by atoms with Gasteiger partial charge in [-0.2, -0.15) is 5.26 Å². The molecule has 0 saturated carbocycles. The first-order chi connectivity index (χ1) is 16.7. The average molecular weight is 478 g/mol. The average Bonchev–Trinajstić information content (AvgIpc) is 3.10. The summed E-state index contributed by atoms with van der Waals surface area (Å²) in [7, 11) is 2.61. The van der Waals surface area contributed by atoms with E-state index in [1.165, 1.54) is 14.2 Å². The maximum absolute atomic E-state index is 12.7. The summed E-state index contributed by atoms with van der Waals surface area (Å²) in [6, 6.07) is 13.3. The van der Waals surface area contributed by atoms with Crippen LogP contribution in [0, 0.1) is 35.3 Å². The maximum atomic E-state index is 12.7. The Balaban J connectivity index is 1.85. The van der Waals surface area contributed by atoms with Crippen molar-refractivity contribution in [2.45, 2.75) is 13.8 Å². The van der Waals surface area contributed by atoms with Crippen molar-refractivity contribution in [2.24, 2.45) is 0 Å². The number of aromatic nitrogens is 1. The minimum atomic E-state index is -1.10. The van der Waals surface area contributed by atoms with Crippen LogP contribution in [0.5, 0.6) is 11.5 Å². The summed E-state index contributed by atoms with van der Waals surface area (Å²) in [5, 5.41) is 23.7. The first kappa shape index (κ1) is 24.8. The molecule has 1 aromatic heterocycles. The summed E-state index contributed by atoms with van der Waals surface area (Å²) >= 11 is 0. The number of nitro groups is 1. The predicted molar refractivity (Wildman–Crippen MR) is 125 cm³/mol. The third-order valence-electron chi connectivity index (χ3n) is 5.35. The van der Waals surface area contributed by atoms with Gasteiger partial charge in [-0.15, -0.1) is 0 Å². The van der Waals surface area contributed by atoms with E-state index >= 15 is 0 Å². The van der Waals surface area contributed by atoms with Gasteiger partial charge >= 0.3 is 5.97 Å². The van der Waals surface area contributed by atoms with Gasteiger partial charge in [0.1, 0.15) is 17.5 Å². The molecule has 0 atom stereocenters. The molecule has 0 saturated heterocycles. The monoisotopic (exact) mass is 478 g/mol. The lowest BCUT2D eigenvalue weighted by molar-refractivity contribution is -0.385. The quantitative estimate of drug-likeness (QED) is 0.293. The molecule has 0 aliphatic carbocycles. The van der Waals surface area contributed by atoms with Gasteiger partial charge in [0, 0.05) is 17.4 Å². The van der Waals surface area contributed by atoms with Gasteiger partial charge in [0.25, 0.3) is 11.6 Å². The van der Waals surface area contributed by atoms with E-state index in [4.69, 9.17) is 14.2 Å². The molecule has 0 bridgehead atoms. The molecule has 180 valence electrons. The Bertz CT molecular complexity index is 1340. The van der Waals surface area contributed by atoms with E-state index in [1.54, 1.807) is 11.5 Å². The molecule has 1 N–H and O–H groups in total. The van der Waals surface area contributed by atoms with Crippen LogP contribution in [0.1, 0.15) is 27.2 Å². The zero-order valence-electron chi connectivity index (χ0n) is 19.4. The minimum Gasteiger partial charge on any atom is -0.493 e. The van der Waals surface area contributed by atoms with Crippen molar-refractivity contribution in [1.29, 1.82) is 5.26 Å². The third kappa shape index (κ3) is 4.91. The lowest BCUT2D eigenvalue weighted by Gasteiger charge is -2.13. The highest BCUT2D eigenvalue weighted by atomic mass is 16.6. The molecule has 1 amide bonds. The molecule has 35 heavy (non-hydrogen) atoms. The second kappa shape index (κ2) is 10.4. The predicted octanol–water partition coefficient (Wildman–Crippen LogP) is 3.69. The summed E-state index contributed by atoms with van der Waals surface area (Å²) in [5.74, 6) is -1.46. The highest BCUT2D eigenvalue weighted by Crippen LogP contribution is 2.35. The second-order valence-electron chi connectivity index (χ2n) is 7.32. The van der Waals surface area contributed by atoms with E-state index in [1.807, 2.05) is 37.3 Å². The van der Waals surface area contributed by atoms with Crippen LogP contribution in [-0.2, 0) is 9.53 Å². The third-order valence-corrected chi connectivity index (χ3v) is 5.35. The standard InChI is InChI=1S/C24H22N4O7/c1-14-15(2)27(16-8-6-5-7-9-16)23(18(14)12-25)26-22(29)13-35-24(30)17-10-20(33-3)21(34-4)11-19(17)28(31)32/h5-11H,13H2,1-4H3,(H,26,29). The number of hydrogen-bond acceptors (Lipinski definition) is 8. The van der Waals surface area contributed by atoms with Crippen LogP contribution in [0.2, 0.25) is 0 Å². The molecular weight excluding hydrogens is 456 g/mol. The Morgan fingerprint density at radius 3 is 2.31 bits per heavy atom. The van der Waals surface area contributed by atoms with Crippen LogP contribution in [0.15, 0.2) is 42.5 Å². The van der Waals surface area contributed by atoms with Crippen LogP contribution in [0.25, 0.3) is 5.69 Å². The molecule has 0 radical (unpaired) electrons. The number of nitrogens with zero attached hydrogens (tertiary/aromatic N) is 3. The fourth-order valence-electron chi connectivity index (χ4n) is 3.52. The molecule has 2 aromatic carbocycles. The molecule has 11 nitrogen and oxygen atoms in total. The van der Waals surface area contributed by atoms with Gasteiger partial charge in [0.15, 0.2) is 18.1 Å². The number of anilines is 1. The fraction of sp³-hybridized carbons (Fsp3) is 0.208. The number of rotatable bonds is 8. The molecular formula is C24H22N4O7. The van der Waals surface area contributed by atoms with Crippen LogP contribution in [-0.4, -0.2) is 42.2 Å². The number of amides is 1. The van der Waals surface area contributed by atoms with E-state index in [-0.39, 0.29) is 22.9 Å². The molecule has 0 spiro atoms. The molecule has 1 heterocycles. The Morgan fingerprint density at radius 2 is 1.74 bits per heavy atom. The van der Waals surface area contributed by atoms with Gasteiger partial charge in [-0.1, -0.05) is 18.2 Å². The van der Waals surface area contributed by atoms with Crippen molar-refractivity contribution in [3.8, 4) is 23.3 Å². The SMILES string of the molecule is COc1cc(C(=O)OCC(=O)Nc2c(C#N)c(C)c(C)n2-c2ccccc2)c([N+](=O)[O-])cc1OC. The summed E-state index contributed by atoms with van der Waals surface area (Å²) in [6.45, 7) is 2.83. The Morgan fingerprint density at radius 1 is 1.11 bits per heavy atom. The van der Waals surface area contributed by atoms with Crippen LogP contribution >= 0.6 is 0 Å². The molecule has 0 aliphatic heterocycles. The fourth-order valence-corrected chi connectivity index (χ4v) is 3.52. The first-order valence-electron chi connectivity index (χ1n) is 10.3. The normalized spacial score (nSPS) is 10.3. The number of esters is 1. The number of nitrogens with one attached hydrogen (secondary N) is 1. The van der Waals surface area contributed by atoms with E-state index in [0.29, 0.717) is 5.56 Å². The molecule has 3 rings (SSSR count). The number of benzene rings is 2. The summed E-state index contributed by atoms with van der Waals surface area (Å²) < 4.78 is 16.9. The zero-order chi connectivity index (χ0) is 25.7. The number of ether oxygens (including phenoxy) is 3. The lowest BCUT2D eigenvalue weighted by atomic mass is 10.1. The van der Waals surface area contributed by atoms with Gasteiger partial charge in [0.2, 0.25) is 0 Å². The molecule has 0 aliphatic rings. The largest absolute Gasteiger partial charge is 0.493 e. The van der Waals surface area contributed by atoms with E-state index < -0.39 is 34.7 Å². The number of nitriles is 1. The number of carbonyl (C=O) groups is 2. The molecule has 0 unspecified atom stereocenters. The highest BCUT2D eigenvalue weighted by molar-refractivity contribution is 5.98. The molecule has 3 aromatic rings. The van der Waals surface area contributed by atoms with Gasteiger partial charge in [0.05, 0.1) is 30.8 Å². The summed E-state index contributed by atoms with van der Waals surface area (Å²) in [6.07, 6.45) is 0. The maximum Gasteiger partial charge on any atom is 0.345 e. The summed E-state index contributed by atoms with van der Waals surface area (Å²) in [4.78, 5) is 35.9. The van der Waals surface area contributed by atoms with Crippen molar-refractivity contribution < 1.29 is 28.7 Å². The van der Waals surface area contributed by atoms with E-state index in [9.17, 15) is 25.0 Å². The Hall–Kier alpha value is -4.85. The van der Waals surface area contributed by atoms with Crippen molar-refractivity contribution in [1.82, 2.24) is 4.57 Å². The van der Waals surface area contributed by atoms with E-state index in [0.717, 1.165) is 23.5 Å². The topological polar surface area (TPSA) is 146 Å². The number of para-hydroxylation sites is 1. The lowest BCUT2D eigenvalue weighted by Crippen LogP contribution is -2.23. The Labute approximate surface area is 200 Å². The molecule has 11 heteroatoms.